The summed E-state index contributed by atoms with van der Waals surface area (Å²) in [7, 11) is 0. The lowest BCUT2D eigenvalue weighted by molar-refractivity contribution is -0.121. The Balaban J connectivity index is 1.65. The van der Waals surface area contributed by atoms with Crippen LogP contribution in [0.25, 0.3) is 0 Å². The second kappa shape index (κ2) is 6.92. The standard InChI is InChI=1S/C18H18ClNO3/c1-12(13-6-7-16-17(10-13)23-9-8-22-16)20-18(21)11-14-4-2-3-5-15(14)19/h2-7,10,12H,8-9,11H2,1H3,(H,20,21)/t12-/m0/s1. The summed E-state index contributed by atoms with van der Waals surface area (Å²) in [6.45, 7) is 3.05. The lowest BCUT2D eigenvalue weighted by atomic mass is 10.1. The highest BCUT2D eigenvalue weighted by molar-refractivity contribution is 6.31. The van der Waals surface area contributed by atoms with Crippen LogP contribution in [-0.4, -0.2) is 19.1 Å². The lowest BCUT2D eigenvalue weighted by Crippen LogP contribution is -2.28. The molecule has 0 unspecified atom stereocenters. The maximum atomic E-state index is 12.2. The summed E-state index contributed by atoms with van der Waals surface area (Å²) in [4.78, 5) is 12.2. The van der Waals surface area contributed by atoms with Crippen LogP contribution in [0, 0.1) is 0 Å². The molecule has 0 aromatic heterocycles. The van der Waals surface area contributed by atoms with Crippen molar-refractivity contribution in [3.63, 3.8) is 0 Å². The highest BCUT2D eigenvalue weighted by Crippen LogP contribution is 2.32. The largest absolute Gasteiger partial charge is 0.486 e. The third kappa shape index (κ3) is 3.77. The van der Waals surface area contributed by atoms with E-state index in [1.54, 1.807) is 6.07 Å². The Kier molecular flexibility index (Phi) is 4.72. The van der Waals surface area contributed by atoms with E-state index in [0.29, 0.717) is 18.2 Å². The topological polar surface area (TPSA) is 47.6 Å². The maximum absolute atomic E-state index is 12.2. The van der Waals surface area contributed by atoms with Crippen molar-refractivity contribution in [1.29, 1.82) is 0 Å². The minimum Gasteiger partial charge on any atom is -0.486 e. The van der Waals surface area contributed by atoms with Gasteiger partial charge in [0.15, 0.2) is 11.5 Å². The lowest BCUT2D eigenvalue weighted by Gasteiger charge is -2.21. The summed E-state index contributed by atoms with van der Waals surface area (Å²) >= 11 is 6.09. The van der Waals surface area contributed by atoms with Gasteiger partial charge in [-0.1, -0.05) is 35.9 Å². The zero-order chi connectivity index (χ0) is 16.2. The van der Waals surface area contributed by atoms with Crippen LogP contribution in [0.1, 0.15) is 24.1 Å². The predicted molar refractivity (Wildman–Crippen MR) is 89.1 cm³/mol. The van der Waals surface area contributed by atoms with Crippen molar-refractivity contribution in [3.8, 4) is 11.5 Å². The van der Waals surface area contributed by atoms with Gasteiger partial charge in [0, 0.05) is 5.02 Å². The van der Waals surface area contributed by atoms with Crippen LogP contribution in [0.2, 0.25) is 5.02 Å². The van der Waals surface area contributed by atoms with Gasteiger partial charge in [-0.25, -0.2) is 0 Å². The number of halogens is 1. The molecule has 2 aromatic rings. The number of hydrogen-bond acceptors (Lipinski definition) is 3. The molecule has 1 N–H and O–H groups in total. The Hall–Kier alpha value is -2.20. The van der Waals surface area contributed by atoms with Gasteiger partial charge in [-0.2, -0.15) is 0 Å². The molecule has 1 heterocycles. The number of carbonyl (C=O) groups excluding carboxylic acids is 1. The third-order valence-electron chi connectivity index (χ3n) is 3.75. The number of ether oxygens (including phenoxy) is 2. The third-order valence-corrected chi connectivity index (χ3v) is 4.12. The molecule has 1 aliphatic rings. The first-order chi connectivity index (χ1) is 11.1. The molecule has 1 atom stereocenters. The second-order valence-corrected chi connectivity index (χ2v) is 5.87. The summed E-state index contributed by atoms with van der Waals surface area (Å²) in [5, 5.41) is 3.59. The van der Waals surface area contributed by atoms with E-state index < -0.39 is 0 Å². The molecule has 23 heavy (non-hydrogen) atoms. The van der Waals surface area contributed by atoms with Crippen LogP contribution in [0.15, 0.2) is 42.5 Å². The van der Waals surface area contributed by atoms with Gasteiger partial charge in [0.05, 0.1) is 12.5 Å². The molecule has 4 nitrogen and oxygen atoms in total. The average Bonchev–Trinajstić information content (AvgIpc) is 2.56. The molecule has 0 spiro atoms. The van der Waals surface area contributed by atoms with E-state index in [1.807, 2.05) is 43.3 Å². The van der Waals surface area contributed by atoms with Crippen molar-refractivity contribution >= 4 is 17.5 Å². The molecule has 1 amide bonds. The maximum Gasteiger partial charge on any atom is 0.224 e. The zero-order valence-corrected chi connectivity index (χ0v) is 13.6. The molecule has 0 saturated carbocycles. The Morgan fingerprint density at radius 3 is 2.70 bits per heavy atom. The number of fused-ring (bicyclic) bond motifs is 1. The van der Waals surface area contributed by atoms with E-state index in [4.69, 9.17) is 21.1 Å². The van der Waals surface area contributed by atoms with E-state index in [2.05, 4.69) is 5.32 Å². The quantitative estimate of drug-likeness (QED) is 0.932. The van der Waals surface area contributed by atoms with Gasteiger partial charge in [0.1, 0.15) is 13.2 Å². The first-order valence-electron chi connectivity index (χ1n) is 7.56. The normalized spacial score (nSPS) is 14.2. The van der Waals surface area contributed by atoms with Gasteiger partial charge in [-0.05, 0) is 36.2 Å². The number of nitrogens with one attached hydrogen (secondary N) is 1. The molecule has 1 aliphatic heterocycles. The second-order valence-electron chi connectivity index (χ2n) is 5.46. The fourth-order valence-electron chi connectivity index (χ4n) is 2.52. The fourth-order valence-corrected chi connectivity index (χ4v) is 2.72. The van der Waals surface area contributed by atoms with E-state index >= 15 is 0 Å². The average molecular weight is 332 g/mol. The summed E-state index contributed by atoms with van der Waals surface area (Å²) < 4.78 is 11.1. The van der Waals surface area contributed by atoms with Gasteiger partial charge in [0.25, 0.3) is 0 Å². The number of hydrogen-bond donors (Lipinski definition) is 1. The predicted octanol–water partition coefficient (Wildman–Crippen LogP) is 3.53. The first-order valence-corrected chi connectivity index (χ1v) is 7.93. The molecule has 5 heteroatoms. The van der Waals surface area contributed by atoms with E-state index in [-0.39, 0.29) is 18.4 Å². The highest BCUT2D eigenvalue weighted by atomic mass is 35.5. The van der Waals surface area contributed by atoms with Crippen molar-refractivity contribution in [1.82, 2.24) is 5.32 Å². The molecule has 120 valence electrons. The van der Waals surface area contributed by atoms with Crippen molar-refractivity contribution in [2.45, 2.75) is 19.4 Å². The molecule has 0 bridgehead atoms. The van der Waals surface area contributed by atoms with Crippen LogP contribution >= 0.6 is 11.6 Å². The van der Waals surface area contributed by atoms with Crippen LogP contribution in [0.3, 0.4) is 0 Å². The SMILES string of the molecule is C[C@H](NC(=O)Cc1ccccc1Cl)c1ccc2c(c1)OCCO2. The van der Waals surface area contributed by atoms with Gasteiger partial charge >= 0.3 is 0 Å². The Morgan fingerprint density at radius 2 is 1.91 bits per heavy atom. The minimum atomic E-state index is -0.124. The molecule has 0 radical (unpaired) electrons. The fraction of sp³-hybridized carbons (Fsp3) is 0.278. The highest BCUT2D eigenvalue weighted by Gasteiger charge is 2.16. The van der Waals surface area contributed by atoms with E-state index in [0.717, 1.165) is 22.6 Å². The van der Waals surface area contributed by atoms with Crippen LogP contribution in [0.5, 0.6) is 11.5 Å². The number of carbonyl (C=O) groups is 1. The van der Waals surface area contributed by atoms with Crippen molar-refractivity contribution in [3.05, 3.63) is 58.6 Å². The Bertz CT molecular complexity index is 717. The smallest absolute Gasteiger partial charge is 0.224 e. The summed E-state index contributed by atoms with van der Waals surface area (Å²) in [5.41, 5.74) is 1.79. The van der Waals surface area contributed by atoms with Gasteiger partial charge in [-0.3, -0.25) is 4.79 Å². The number of benzene rings is 2. The minimum absolute atomic E-state index is 0.0690. The summed E-state index contributed by atoms with van der Waals surface area (Å²) in [6.07, 6.45) is 0.258. The zero-order valence-electron chi connectivity index (χ0n) is 12.8. The number of amides is 1. The first kappa shape index (κ1) is 15.7. The monoisotopic (exact) mass is 331 g/mol. The summed E-state index contributed by atoms with van der Waals surface area (Å²) in [6, 6.07) is 13.0. The molecule has 0 saturated heterocycles. The van der Waals surface area contributed by atoms with Crippen LogP contribution in [-0.2, 0) is 11.2 Å². The summed E-state index contributed by atoms with van der Waals surface area (Å²) in [5.74, 6) is 1.40. The molecule has 3 rings (SSSR count). The van der Waals surface area contributed by atoms with Gasteiger partial charge in [-0.15, -0.1) is 0 Å². The molecule has 2 aromatic carbocycles. The van der Waals surface area contributed by atoms with Crippen LogP contribution < -0.4 is 14.8 Å². The van der Waals surface area contributed by atoms with E-state index in [1.165, 1.54) is 0 Å². The van der Waals surface area contributed by atoms with Gasteiger partial charge < -0.3 is 14.8 Å². The molecule has 0 fully saturated rings. The van der Waals surface area contributed by atoms with Crippen LogP contribution in [0.4, 0.5) is 0 Å². The van der Waals surface area contributed by atoms with Crippen molar-refractivity contribution in [2.75, 3.05) is 13.2 Å². The van der Waals surface area contributed by atoms with E-state index in [9.17, 15) is 4.79 Å². The molecular formula is C18H18ClNO3. The number of rotatable bonds is 4. The Morgan fingerprint density at radius 1 is 1.17 bits per heavy atom. The van der Waals surface area contributed by atoms with Gasteiger partial charge in [0.2, 0.25) is 5.91 Å². The Labute approximate surface area is 140 Å². The van der Waals surface area contributed by atoms with Crippen molar-refractivity contribution < 1.29 is 14.3 Å². The van der Waals surface area contributed by atoms with Crippen molar-refractivity contribution in [2.24, 2.45) is 0 Å². The molecule has 0 aliphatic carbocycles. The molecular weight excluding hydrogens is 314 g/mol.